The van der Waals surface area contributed by atoms with E-state index in [0.29, 0.717) is 5.38 Å². The fraction of sp³-hybridized carbons (Fsp3) is 0.444. The maximum absolute atomic E-state index is 6.55. The Bertz CT molecular complexity index is 540. The van der Waals surface area contributed by atoms with E-state index in [1.165, 1.54) is 48.4 Å². The van der Waals surface area contributed by atoms with E-state index < -0.39 is 0 Å². The third kappa shape index (κ3) is 3.30. The Hall–Kier alpha value is -1.01. The van der Waals surface area contributed by atoms with Gasteiger partial charge in [-0.3, -0.25) is 0 Å². The first-order chi connectivity index (χ1) is 9.31. The summed E-state index contributed by atoms with van der Waals surface area (Å²) in [7, 11) is 0. The van der Waals surface area contributed by atoms with Crippen molar-refractivity contribution in [3.05, 3.63) is 48.0 Å². The maximum atomic E-state index is 6.55. The topological polar surface area (TPSA) is 0 Å². The predicted molar refractivity (Wildman–Crippen MR) is 83.9 cm³/mol. The summed E-state index contributed by atoms with van der Waals surface area (Å²) >= 11 is 6.55. The summed E-state index contributed by atoms with van der Waals surface area (Å²) in [5, 5.41) is 2.93. The first kappa shape index (κ1) is 13.0. The first-order valence-corrected chi connectivity index (χ1v) is 7.86. The zero-order valence-electron chi connectivity index (χ0n) is 11.3. The second kappa shape index (κ2) is 5.96. The van der Waals surface area contributed by atoms with Crippen LogP contribution in [0.15, 0.2) is 42.5 Å². The van der Waals surface area contributed by atoms with Crippen LogP contribution in [0.5, 0.6) is 0 Å². The van der Waals surface area contributed by atoms with Gasteiger partial charge in [0.05, 0.1) is 0 Å². The van der Waals surface area contributed by atoms with Gasteiger partial charge in [0.25, 0.3) is 0 Å². The highest BCUT2D eigenvalue weighted by atomic mass is 35.5. The molecule has 1 aliphatic carbocycles. The highest BCUT2D eigenvalue weighted by Gasteiger charge is 2.19. The second-order valence-corrected chi connectivity index (χ2v) is 6.49. The molecule has 0 heterocycles. The normalized spacial score (nSPS) is 17.9. The molecule has 0 amide bonds. The minimum absolute atomic E-state index is 0.296. The smallest absolute Gasteiger partial charge is 0.0379 e. The van der Waals surface area contributed by atoms with E-state index in [0.717, 1.165) is 12.3 Å². The lowest BCUT2D eigenvalue weighted by Gasteiger charge is -2.14. The van der Waals surface area contributed by atoms with Gasteiger partial charge in [0.15, 0.2) is 0 Å². The summed E-state index contributed by atoms with van der Waals surface area (Å²) in [4.78, 5) is 0. The highest BCUT2D eigenvalue weighted by Crippen LogP contribution is 2.31. The van der Waals surface area contributed by atoms with Gasteiger partial charge < -0.3 is 0 Å². The molecule has 0 radical (unpaired) electrons. The van der Waals surface area contributed by atoms with Crippen molar-refractivity contribution in [2.45, 2.75) is 43.9 Å². The molecule has 1 heteroatoms. The molecule has 0 N–H and O–H groups in total. The molecule has 3 rings (SSSR count). The van der Waals surface area contributed by atoms with Crippen LogP contribution in [-0.2, 0) is 6.42 Å². The molecule has 0 bridgehead atoms. The molecule has 19 heavy (non-hydrogen) atoms. The van der Waals surface area contributed by atoms with E-state index in [2.05, 4.69) is 42.5 Å². The molecule has 100 valence electrons. The van der Waals surface area contributed by atoms with Gasteiger partial charge in [0.1, 0.15) is 0 Å². The number of alkyl halides is 1. The van der Waals surface area contributed by atoms with Gasteiger partial charge >= 0.3 is 0 Å². The Kier molecular flexibility index (Phi) is 4.08. The van der Waals surface area contributed by atoms with Gasteiger partial charge in [-0.25, -0.2) is 0 Å². The molecule has 1 atom stereocenters. The standard InChI is InChI=1S/C18H21Cl/c19-18(12-14-5-1-2-6-14)13-15-9-10-16-7-3-4-8-17(16)11-15/h3-4,7-11,14,18H,1-2,5-6,12-13H2. The Morgan fingerprint density at radius 3 is 2.53 bits per heavy atom. The van der Waals surface area contributed by atoms with E-state index in [4.69, 9.17) is 11.6 Å². The number of hydrogen-bond donors (Lipinski definition) is 0. The molecule has 0 nitrogen and oxygen atoms in total. The molecule has 1 fully saturated rings. The van der Waals surface area contributed by atoms with Crippen LogP contribution in [0.4, 0.5) is 0 Å². The van der Waals surface area contributed by atoms with Crippen molar-refractivity contribution in [1.29, 1.82) is 0 Å². The summed E-state index contributed by atoms with van der Waals surface area (Å²) in [6, 6.07) is 15.3. The molecule has 0 aromatic heterocycles. The van der Waals surface area contributed by atoms with Crippen LogP contribution >= 0.6 is 11.6 Å². The summed E-state index contributed by atoms with van der Waals surface area (Å²) in [6.07, 6.45) is 7.79. The molecule has 0 aliphatic heterocycles. The SMILES string of the molecule is ClC(Cc1ccc2ccccc2c1)CC1CCCC1. The zero-order valence-corrected chi connectivity index (χ0v) is 12.1. The average Bonchev–Trinajstić information content (AvgIpc) is 2.91. The van der Waals surface area contributed by atoms with Crippen molar-refractivity contribution in [3.63, 3.8) is 0 Å². The zero-order chi connectivity index (χ0) is 13.1. The Morgan fingerprint density at radius 2 is 1.74 bits per heavy atom. The molecule has 0 spiro atoms. The van der Waals surface area contributed by atoms with Crippen molar-refractivity contribution in [1.82, 2.24) is 0 Å². The molecule has 0 saturated heterocycles. The van der Waals surface area contributed by atoms with Crippen molar-refractivity contribution in [2.24, 2.45) is 5.92 Å². The quantitative estimate of drug-likeness (QED) is 0.638. The minimum atomic E-state index is 0.296. The molecular weight excluding hydrogens is 252 g/mol. The largest absolute Gasteiger partial charge is 0.123 e. The summed E-state index contributed by atoms with van der Waals surface area (Å²) in [5.74, 6) is 0.878. The van der Waals surface area contributed by atoms with E-state index in [-0.39, 0.29) is 0 Å². The Labute approximate surface area is 120 Å². The van der Waals surface area contributed by atoms with Crippen LogP contribution in [0.1, 0.15) is 37.7 Å². The molecule has 1 unspecified atom stereocenters. The van der Waals surface area contributed by atoms with Crippen LogP contribution < -0.4 is 0 Å². The molecule has 1 aliphatic rings. The monoisotopic (exact) mass is 272 g/mol. The molecule has 1 saturated carbocycles. The molecule has 2 aromatic rings. The van der Waals surface area contributed by atoms with Crippen LogP contribution in [0.25, 0.3) is 10.8 Å². The lowest BCUT2D eigenvalue weighted by molar-refractivity contribution is 0.488. The third-order valence-electron chi connectivity index (χ3n) is 4.33. The second-order valence-electron chi connectivity index (χ2n) is 5.87. The molecule has 2 aromatic carbocycles. The van der Waals surface area contributed by atoms with Gasteiger partial charge in [-0.2, -0.15) is 0 Å². The summed E-state index contributed by atoms with van der Waals surface area (Å²) in [5.41, 5.74) is 1.37. The van der Waals surface area contributed by atoms with Crippen molar-refractivity contribution in [2.75, 3.05) is 0 Å². The number of halogens is 1. The number of rotatable bonds is 4. The van der Waals surface area contributed by atoms with E-state index in [1.807, 2.05) is 0 Å². The lowest BCUT2D eigenvalue weighted by Crippen LogP contribution is -2.09. The van der Waals surface area contributed by atoms with Gasteiger partial charge in [-0.15, -0.1) is 11.6 Å². The Morgan fingerprint density at radius 1 is 1.00 bits per heavy atom. The lowest BCUT2D eigenvalue weighted by atomic mass is 9.97. The van der Waals surface area contributed by atoms with Gasteiger partial charge in [-0.05, 0) is 35.1 Å². The van der Waals surface area contributed by atoms with E-state index in [1.54, 1.807) is 0 Å². The number of hydrogen-bond acceptors (Lipinski definition) is 0. The van der Waals surface area contributed by atoms with Crippen LogP contribution in [0.2, 0.25) is 0 Å². The maximum Gasteiger partial charge on any atom is 0.0379 e. The minimum Gasteiger partial charge on any atom is -0.123 e. The van der Waals surface area contributed by atoms with Crippen molar-refractivity contribution in [3.8, 4) is 0 Å². The highest BCUT2D eigenvalue weighted by molar-refractivity contribution is 6.20. The summed E-state index contributed by atoms with van der Waals surface area (Å²) < 4.78 is 0. The van der Waals surface area contributed by atoms with E-state index in [9.17, 15) is 0 Å². The van der Waals surface area contributed by atoms with Crippen molar-refractivity contribution >= 4 is 22.4 Å². The number of fused-ring (bicyclic) bond motifs is 1. The fourth-order valence-corrected chi connectivity index (χ4v) is 3.74. The van der Waals surface area contributed by atoms with E-state index >= 15 is 0 Å². The first-order valence-electron chi connectivity index (χ1n) is 7.43. The van der Waals surface area contributed by atoms with Crippen LogP contribution in [0, 0.1) is 5.92 Å². The average molecular weight is 273 g/mol. The number of benzene rings is 2. The third-order valence-corrected chi connectivity index (χ3v) is 4.67. The van der Waals surface area contributed by atoms with Crippen LogP contribution in [0.3, 0.4) is 0 Å². The fourth-order valence-electron chi connectivity index (χ4n) is 3.31. The van der Waals surface area contributed by atoms with Gasteiger partial charge in [0.2, 0.25) is 0 Å². The van der Waals surface area contributed by atoms with Crippen LogP contribution in [-0.4, -0.2) is 5.38 Å². The van der Waals surface area contributed by atoms with Crippen molar-refractivity contribution < 1.29 is 0 Å². The Balaban J connectivity index is 1.66. The van der Waals surface area contributed by atoms with Gasteiger partial charge in [-0.1, -0.05) is 68.1 Å². The predicted octanol–water partition coefficient (Wildman–Crippen LogP) is 5.57. The molecular formula is C18H21Cl. The van der Waals surface area contributed by atoms with Gasteiger partial charge in [0, 0.05) is 5.38 Å². The summed E-state index contributed by atoms with van der Waals surface area (Å²) in [6.45, 7) is 0.